The molecule has 1 aliphatic rings. The van der Waals surface area contributed by atoms with Gasteiger partial charge in [-0.3, -0.25) is 9.59 Å². The van der Waals surface area contributed by atoms with Crippen molar-refractivity contribution in [2.45, 2.75) is 13.0 Å². The molecule has 6 nitrogen and oxygen atoms in total. The molecule has 7 heteroatoms. The summed E-state index contributed by atoms with van der Waals surface area (Å²) in [5.41, 5.74) is 0.769. The van der Waals surface area contributed by atoms with Gasteiger partial charge in [0, 0.05) is 26.2 Å². The molecular formula is C24H23FN2O4. The Labute approximate surface area is 179 Å². The lowest BCUT2D eigenvalue weighted by molar-refractivity contribution is -0.131. The number of hydrogen-bond acceptors (Lipinski definition) is 4. The van der Waals surface area contributed by atoms with Gasteiger partial charge in [-0.2, -0.15) is 0 Å². The highest BCUT2D eigenvalue weighted by Gasteiger charge is 2.26. The monoisotopic (exact) mass is 422 g/mol. The Hall–Kier alpha value is -3.61. The molecule has 0 radical (unpaired) electrons. The van der Waals surface area contributed by atoms with Crippen molar-refractivity contribution in [1.82, 2.24) is 9.80 Å². The Kier molecular flexibility index (Phi) is 6.31. The highest BCUT2D eigenvalue weighted by Crippen LogP contribution is 2.16. The smallest absolute Gasteiger partial charge is 0.289 e. The van der Waals surface area contributed by atoms with Crippen LogP contribution in [0.25, 0.3) is 0 Å². The van der Waals surface area contributed by atoms with Crippen molar-refractivity contribution in [2.75, 3.05) is 26.2 Å². The molecule has 0 N–H and O–H groups in total. The number of benzene rings is 2. The number of para-hydroxylation sites is 1. The summed E-state index contributed by atoms with van der Waals surface area (Å²) in [7, 11) is 0. The summed E-state index contributed by atoms with van der Waals surface area (Å²) < 4.78 is 24.3. The molecule has 1 aromatic heterocycles. The average Bonchev–Trinajstić information content (AvgIpc) is 3.28. The van der Waals surface area contributed by atoms with Crippen LogP contribution in [0.3, 0.4) is 0 Å². The third-order valence-electron chi connectivity index (χ3n) is 5.18. The molecule has 2 aromatic carbocycles. The first kappa shape index (κ1) is 20.7. The van der Waals surface area contributed by atoms with Crippen molar-refractivity contribution in [3.05, 3.63) is 89.6 Å². The van der Waals surface area contributed by atoms with E-state index in [-0.39, 0.29) is 36.4 Å². The number of furan rings is 1. The van der Waals surface area contributed by atoms with Gasteiger partial charge in [-0.05, 0) is 42.0 Å². The predicted molar refractivity (Wildman–Crippen MR) is 112 cm³/mol. The number of carbonyl (C=O) groups is 2. The maximum Gasteiger partial charge on any atom is 0.289 e. The highest BCUT2D eigenvalue weighted by molar-refractivity contribution is 5.91. The van der Waals surface area contributed by atoms with E-state index in [1.165, 1.54) is 12.1 Å². The lowest BCUT2D eigenvalue weighted by Gasteiger charge is -2.34. The topological polar surface area (TPSA) is 63.0 Å². The third-order valence-corrected chi connectivity index (χ3v) is 5.18. The van der Waals surface area contributed by atoms with Gasteiger partial charge in [-0.15, -0.1) is 0 Å². The predicted octanol–water partition coefficient (Wildman–Crippen LogP) is 3.52. The van der Waals surface area contributed by atoms with Crippen LogP contribution in [0.1, 0.15) is 21.9 Å². The Morgan fingerprint density at radius 1 is 0.871 bits per heavy atom. The van der Waals surface area contributed by atoms with Gasteiger partial charge in [0.2, 0.25) is 5.91 Å². The molecule has 31 heavy (non-hydrogen) atoms. The number of piperazine rings is 1. The largest absolute Gasteiger partial charge is 0.486 e. The molecule has 2 heterocycles. The molecule has 0 spiro atoms. The Morgan fingerprint density at radius 3 is 2.26 bits per heavy atom. The summed E-state index contributed by atoms with van der Waals surface area (Å²) in [5.74, 6) is 1.01. The molecular weight excluding hydrogens is 399 g/mol. The number of carbonyl (C=O) groups excluding carboxylic acids is 2. The summed E-state index contributed by atoms with van der Waals surface area (Å²) in [5, 5.41) is 0. The number of ether oxygens (including phenoxy) is 1. The van der Waals surface area contributed by atoms with E-state index >= 15 is 0 Å². The van der Waals surface area contributed by atoms with Crippen LogP contribution in [0.5, 0.6) is 5.75 Å². The lowest BCUT2D eigenvalue weighted by Crippen LogP contribution is -2.50. The van der Waals surface area contributed by atoms with E-state index < -0.39 is 0 Å². The van der Waals surface area contributed by atoms with Crippen molar-refractivity contribution < 1.29 is 23.1 Å². The van der Waals surface area contributed by atoms with Gasteiger partial charge >= 0.3 is 0 Å². The summed E-state index contributed by atoms with van der Waals surface area (Å²) in [6.45, 7) is 2.02. The van der Waals surface area contributed by atoms with Crippen molar-refractivity contribution in [2.24, 2.45) is 0 Å². The van der Waals surface area contributed by atoms with Crippen LogP contribution in [0, 0.1) is 5.82 Å². The second-order valence-electron chi connectivity index (χ2n) is 7.34. The summed E-state index contributed by atoms with van der Waals surface area (Å²) >= 11 is 0. The van der Waals surface area contributed by atoms with Crippen LogP contribution in [0.2, 0.25) is 0 Å². The Morgan fingerprint density at radius 2 is 1.55 bits per heavy atom. The van der Waals surface area contributed by atoms with Crippen LogP contribution in [-0.4, -0.2) is 47.8 Å². The molecule has 1 fully saturated rings. The summed E-state index contributed by atoms with van der Waals surface area (Å²) in [6.07, 6.45) is 0.219. The fraction of sp³-hybridized carbons (Fsp3) is 0.250. The van der Waals surface area contributed by atoms with Gasteiger partial charge in [-0.1, -0.05) is 30.3 Å². The van der Waals surface area contributed by atoms with Crippen LogP contribution in [-0.2, 0) is 17.8 Å². The second-order valence-corrected chi connectivity index (χ2v) is 7.34. The molecule has 3 aromatic rings. The summed E-state index contributed by atoms with van der Waals surface area (Å²) in [4.78, 5) is 28.6. The fourth-order valence-electron chi connectivity index (χ4n) is 3.45. The minimum atomic E-state index is -0.323. The van der Waals surface area contributed by atoms with E-state index in [0.717, 1.165) is 11.3 Å². The maximum absolute atomic E-state index is 13.0. The number of halogens is 1. The first-order chi connectivity index (χ1) is 15.1. The van der Waals surface area contributed by atoms with Crippen LogP contribution >= 0.6 is 0 Å². The highest BCUT2D eigenvalue weighted by atomic mass is 19.1. The van der Waals surface area contributed by atoms with Crippen molar-refractivity contribution >= 4 is 11.8 Å². The lowest BCUT2D eigenvalue weighted by atomic mass is 10.1. The second kappa shape index (κ2) is 9.47. The van der Waals surface area contributed by atoms with Crippen LogP contribution in [0.15, 0.2) is 71.1 Å². The van der Waals surface area contributed by atoms with Gasteiger partial charge in [-0.25, -0.2) is 4.39 Å². The first-order valence-corrected chi connectivity index (χ1v) is 10.2. The molecule has 0 atom stereocenters. The first-order valence-electron chi connectivity index (χ1n) is 10.2. The number of rotatable bonds is 6. The standard InChI is InChI=1S/C24H23FN2O4/c25-19-8-6-18(7-9-19)16-23(28)26-12-14-27(15-13-26)24(29)22-11-10-21(31-22)17-30-20-4-2-1-3-5-20/h1-11H,12-17H2. The van der Waals surface area contributed by atoms with Crippen molar-refractivity contribution in [1.29, 1.82) is 0 Å². The normalized spacial score (nSPS) is 13.8. The third kappa shape index (κ3) is 5.31. The molecule has 160 valence electrons. The van der Waals surface area contributed by atoms with Crippen molar-refractivity contribution in [3.63, 3.8) is 0 Å². The van der Waals surface area contributed by atoms with Crippen LogP contribution in [0.4, 0.5) is 4.39 Å². The van der Waals surface area contributed by atoms with Gasteiger partial charge < -0.3 is 19.0 Å². The molecule has 1 aliphatic heterocycles. The molecule has 2 amide bonds. The minimum absolute atomic E-state index is 0.0305. The Balaban J connectivity index is 1.26. The maximum atomic E-state index is 13.0. The fourth-order valence-corrected chi connectivity index (χ4v) is 3.45. The van der Waals surface area contributed by atoms with E-state index in [0.29, 0.717) is 31.9 Å². The minimum Gasteiger partial charge on any atom is -0.486 e. The number of amides is 2. The molecule has 0 unspecified atom stereocenters. The van der Waals surface area contributed by atoms with Gasteiger partial charge in [0.15, 0.2) is 5.76 Å². The summed E-state index contributed by atoms with van der Waals surface area (Å²) in [6, 6.07) is 18.7. The van der Waals surface area contributed by atoms with E-state index in [9.17, 15) is 14.0 Å². The molecule has 0 saturated carbocycles. The van der Waals surface area contributed by atoms with Gasteiger partial charge in [0.05, 0.1) is 6.42 Å². The Bertz CT molecular complexity index is 1030. The quantitative estimate of drug-likeness (QED) is 0.610. The number of hydrogen-bond donors (Lipinski definition) is 0. The zero-order chi connectivity index (χ0) is 21.6. The van der Waals surface area contributed by atoms with E-state index in [2.05, 4.69) is 0 Å². The van der Waals surface area contributed by atoms with Crippen LogP contribution < -0.4 is 4.74 Å². The molecule has 4 rings (SSSR count). The van der Waals surface area contributed by atoms with Crippen molar-refractivity contribution in [3.8, 4) is 5.75 Å². The molecule has 0 bridgehead atoms. The van der Waals surface area contributed by atoms with Gasteiger partial charge in [0.1, 0.15) is 23.9 Å². The zero-order valence-electron chi connectivity index (χ0n) is 17.0. The SMILES string of the molecule is O=C(Cc1ccc(F)cc1)N1CCN(C(=O)c2ccc(COc3ccccc3)o2)CC1. The average molecular weight is 422 g/mol. The zero-order valence-corrected chi connectivity index (χ0v) is 17.0. The van der Waals surface area contributed by atoms with Gasteiger partial charge in [0.25, 0.3) is 5.91 Å². The van der Waals surface area contributed by atoms with E-state index in [1.54, 1.807) is 34.1 Å². The van der Waals surface area contributed by atoms with E-state index in [4.69, 9.17) is 9.15 Å². The number of nitrogens with zero attached hydrogens (tertiary/aromatic N) is 2. The molecule has 1 saturated heterocycles. The van der Waals surface area contributed by atoms with E-state index in [1.807, 2.05) is 30.3 Å². The molecule has 0 aliphatic carbocycles.